The zero-order valence-electron chi connectivity index (χ0n) is 16.4. The highest BCUT2D eigenvalue weighted by atomic mass is 16.2. The molecule has 8 unspecified atom stereocenters. The van der Waals surface area contributed by atoms with Gasteiger partial charge in [0.05, 0.1) is 35.0 Å². The van der Waals surface area contributed by atoms with Crippen molar-refractivity contribution in [3.63, 3.8) is 0 Å². The topological polar surface area (TPSA) is 74.8 Å². The molecule has 4 aliphatic carbocycles. The van der Waals surface area contributed by atoms with Crippen LogP contribution in [0, 0.1) is 47.3 Å². The Balaban J connectivity index is 1.18. The number of hydrogen-bond donors (Lipinski definition) is 0. The normalized spacial score (nSPS) is 42.8. The summed E-state index contributed by atoms with van der Waals surface area (Å²) in [5.74, 6) is -0.0971. The molecule has 0 radical (unpaired) electrons. The summed E-state index contributed by atoms with van der Waals surface area (Å²) in [5, 5.41) is 0. The van der Waals surface area contributed by atoms with Gasteiger partial charge in [0.2, 0.25) is 23.6 Å². The average molecular weight is 402 g/mol. The van der Waals surface area contributed by atoms with Gasteiger partial charge in [-0.05, 0) is 73.6 Å². The maximum Gasteiger partial charge on any atom is 0.238 e. The van der Waals surface area contributed by atoms with E-state index in [4.69, 9.17) is 0 Å². The highest BCUT2D eigenvalue weighted by molar-refractivity contribution is 6.24. The minimum atomic E-state index is -0.233. The fourth-order valence-electron chi connectivity index (χ4n) is 7.57. The third-order valence-corrected chi connectivity index (χ3v) is 8.76. The van der Waals surface area contributed by atoms with Crippen LogP contribution in [0.3, 0.4) is 0 Å². The van der Waals surface area contributed by atoms with Crippen molar-refractivity contribution in [2.45, 2.75) is 25.7 Å². The van der Waals surface area contributed by atoms with Crippen LogP contribution in [0.15, 0.2) is 36.4 Å². The molecule has 0 spiro atoms. The smallest absolute Gasteiger partial charge is 0.238 e. The molecule has 2 saturated heterocycles. The van der Waals surface area contributed by atoms with Crippen LogP contribution in [0.1, 0.15) is 25.7 Å². The zero-order chi connectivity index (χ0) is 20.3. The lowest BCUT2D eigenvalue weighted by molar-refractivity contribution is -0.124. The lowest BCUT2D eigenvalue weighted by atomic mass is 9.81. The first-order valence-electron chi connectivity index (χ1n) is 11.1. The van der Waals surface area contributed by atoms with Gasteiger partial charge < -0.3 is 0 Å². The van der Waals surface area contributed by atoms with Crippen LogP contribution in [-0.2, 0) is 19.2 Å². The van der Waals surface area contributed by atoms with Crippen molar-refractivity contribution in [1.29, 1.82) is 0 Å². The number of rotatable bonds is 2. The molecule has 6 nitrogen and oxygen atoms in total. The molecule has 6 aliphatic rings. The number of carbonyl (C=O) groups excluding carboxylic acids is 4. The van der Waals surface area contributed by atoms with E-state index >= 15 is 0 Å². The Hall–Kier alpha value is -2.76. The highest BCUT2D eigenvalue weighted by Gasteiger charge is 2.61. The standard InChI is InChI=1S/C24H22N2O4/c27-21-17-11-1-2-12(9-11)18(17)22(28)25(21)15-5-7-16(8-6-15)26-23(29)19-13-3-4-14(10-13)20(19)24(26)30/h1-2,5-8,11-14,17-20H,3-4,9-10H2. The fourth-order valence-corrected chi connectivity index (χ4v) is 7.57. The molecule has 8 atom stereocenters. The third kappa shape index (κ3) is 1.86. The molecule has 5 fully saturated rings. The van der Waals surface area contributed by atoms with Gasteiger partial charge in [-0.2, -0.15) is 0 Å². The van der Waals surface area contributed by atoms with Crippen LogP contribution in [-0.4, -0.2) is 23.6 Å². The van der Waals surface area contributed by atoms with Crippen molar-refractivity contribution in [3.8, 4) is 0 Å². The van der Waals surface area contributed by atoms with Crippen LogP contribution in [0.25, 0.3) is 0 Å². The van der Waals surface area contributed by atoms with Crippen LogP contribution >= 0.6 is 0 Å². The molecule has 0 N–H and O–H groups in total. The molecule has 0 aromatic heterocycles. The second-order valence-electron chi connectivity index (χ2n) is 9.92. The van der Waals surface area contributed by atoms with Gasteiger partial charge in [0.25, 0.3) is 0 Å². The van der Waals surface area contributed by atoms with Crippen molar-refractivity contribution >= 4 is 35.0 Å². The minimum Gasteiger partial charge on any atom is -0.274 e. The molecule has 1 aromatic rings. The van der Waals surface area contributed by atoms with Crippen LogP contribution < -0.4 is 9.80 Å². The molecule has 4 amide bonds. The lowest BCUT2D eigenvalue weighted by Gasteiger charge is -2.20. The quantitative estimate of drug-likeness (QED) is 0.563. The largest absolute Gasteiger partial charge is 0.274 e. The van der Waals surface area contributed by atoms with Gasteiger partial charge in [-0.25, -0.2) is 0 Å². The molecule has 6 heteroatoms. The van der Waals surface area contributed by atoms with Crippen LogP contribution in [0.5, 0.6) is 0 Å². The van der Waals surface area contributed by atoms with Crippen LogP contribution in [0.2, 0.25) is 0 Å². The predicted molar refractivity (Wildman–Crippen MR) is 107 cm³/mol. The summed E-state index contributed by atoms with van der Waals surface area (Å²) in [5.41, 5.74) is 1.07. The number of allylic oxidation sites excluding steroid dienone is 2. The SMILES string of the molecule is O=C1C2C3C=CC(C3)C2C(=O)N1c1ccc(N2C(=O)C3C4CCC(C4)C3C2=O)cc1. The molecule has 2 aliphatic heterocycles. The Morgan fingerprint density at radius 3 is 1.40 bits per heavy atom. The second-order valence-corrected chi connectivity index (χ2v) is 9.92. The first-order chi connectivity index (χ1) is 14.5. The van der Waals surface area contributed by atoms with Crippen molar-refractivity contribution in [2.24, 2.45) is 47.3 Å². The van der Waals surface area contributed by atoms with Crippen molar-refractivity contribution < 1.29 is 19.2 Å². The Kier molecular flexibility index (Phi) is 3.10. The van der Waals surface area contributed by atoms with Crippen LogP contribution in [0.4, 0.5) is 11.4 Å². The zero-order valence-corrected chi connectivity index (χ0v) is 16.4. The van der Waals surface area contributed by atoms with Gasteiger partial charge in [-0.15, -0.1) is 0 Å². The Morgan fingerprint density at radius 1 is 0.567 bits per heavy atom. The number of amides is 4. The molecular weight excluding hydrogens is 380 g/mol. The second kappa shape index (κ2) is 5.48. The summed E-state index contributed by atoms with van der Waals surface area (Å²) in [6, 6.07) is 6.81. The maximum absolute atomic E-state index is 13.0. The number of imide groups is 2. The van der Waals surface area contributed by atoms with E-state index < -0.39 is 0 Å². The Labute approximate surface area is 173 Å². The minimum absolute atomic E-state index is 0.0737. The number of anilines is 2. The first-order valence-corrected chi connectivity index (χ1v) is 11.1. The van der Waals surface area contributed by atoms with Crippen molar-refractivity contribution in [1.82, 2.24) is 0 Å². The first kappa shape index (κ1) is 17.0. The van der Waals surface area contributed by atoms with Crippen molar-refractivity contribution in [3.05, 3.63) is 36.4 Å². The van der Waals surface area contributed by atoms with E-state index in [0.29, 0.717) is 23.2 Å². The summed E-state index contributed by atoms with van der Waals surface area (Å²) < 4.78 is 0. The molecule has 4 bridgehead atoms. The van der Waals surface area contributed by atoms with E-state index in [1.807, 2.05) is 0 Å². The summed E-state index contributed by atoms with van der Waals surface area (Å²) in [6.07, 6.45) is 8.18. The number of benzene rings is 1. The van der Waals surface area contributed by atoms with Crippen molar-refractivity contribution in [2.75, 3.05) is 9.80 Å². The Bertz CT molecular complexity index is 980. The van der Waals surface area contributed by atoms with E-state index in [1.165, 1.54) is 9.80 Å². The third-order valence-electron chi connectivity index (χ3n) is 8.76. The Morgan fingerprint density at radius 2 is 0.967 bits per heavy atom. The van der Waals surface area contributed by atoms with Gasteiger partial charge in [0.1, 0.15) is 0 Å². The number of fused-ring (bicyclic) bond motifs is 10. The fraction of sp³-hybridized carbons (Fsp3) is 0.500. The predicted octanol–water partition coefficient (Wildman–Crippen LogP) is 2.53. The van der Waals surface area contributed by atoms with E-state index in [2.05, 4.69) is 12.2 Å². The maximum atomic E-state index is 13.0. The molecular formula is C24H22N2O4. The van der Waals surface area contributed by atoms with Gasteiger partial charge in [-0.1, -0.05) is 12.2 Å². The summed E-state index contributed by atoms with van der Waals surface area (Å²) in [4.78, 5) is 54.7. The molecule has 7 rings (SSSR count). The number of hydrogen-bond acceptors (Lipinski definition) is 4. The van der Waals surface area contributed by atoms with Gasteiger partial charge >= 0.3 is 0 Å². The molecule has 30 heavy (non-hydrogen) atoms. The molecule has 1 aromatic carbocycles. The van der Waals surface area contributed by atoms with Gasteiger partial charge in [-0.3, -0.25) is 29.0 Å². The molecule has 3 saturated carbocycles. The van der Waals surface area contributed by atoms with E-state index in [9.17, 15) is 19.2 Å². The van der Waals surface area contributed by atoms with Gasteiger partial charge in [0, 0.05) is 0 Å². The van der Waals surface area contributed by atoms with Gasteiger partial charge in [0.15, 0.2) is 0 Å². The summed E-state index contributed by atoms with van der Waals surface area (Å²) >= 11 is 0. The van der Waals surface area contributed by atoms with E-state index in [-0.39, 0.29) is 59.1 Å². The lowest BCUT2D eigenvalue weighted by Crippen LogP contribution is -2.34. The summed E-state index contributed by atoms with van der Waals surface area (Å²) in [7, 11) is 0. The van der Waals surface area contributed by atoms with E-state index in [0.717, 1.165) is 25.7 Å². The highest BCUT2D eigenvalue weighted by Crippen LogP contribution is 2.57. The molecule has 2 heterocycles. The summed E-state index contributed by atoms with van der Waals surface area (Å²) in [6.45, 7) is 0. The van der Waals surface area contributed by atoms with E-state index in [1.54, 1.807) is 24.3 Å². The average Bonchev–Trinajstić information content (AvgIpc) is 3.56. The number of nitrogens with zero attached hydrogens (tertiary/aromatic N) is 2. The monoisotopic (exact) mass is 402 g/mol. The number of carbonyl (C=O) groups is 4. The molecule has 152 valence electrons.